The maximum atomic E-state index is 13.8. The van der Waals surface area contributed by atoms with E-state index in [0.717, 1.165) is 11.1 Å². The third kappa shape index (κ3) is 4.84. The first-order valence-corrected chi connectivity index (χ1v) is 11.5. The van der Waals surface area contributed by atoms with Crippen molar-refractivity contribution < 1.29 is 8.42 Å². The van der Waals surface area contributed by atoms with E-state index in [2.05, 4.69) is 0 Å². The monoisotopic (exact) mass is 447 g/mol. The highest BCUT2D eigenvalue weighted by molar-refractivity contribution is 7.89. The molecule has 3 aromatic rings. The molecule has 3 nitrogen and oxygen atoms in total. The number of rotatable bonds is 6. The zero-order chi connectivity index (χ0) is 21.2. The summed E-state index contributed by atoms with van der Waals surface area (Å²) in [5, 5.41) is 0.956. The lowest BCUT2D eigenvalue weighted by Gasteiger charge is -2.30. The van der Waals surface area contributed by atoms with Crippen LogP contribution >= 0.6 is 23.2 Å². The van der Waals surface area contributed by atoms with Crippen LogP contribution in [0.3, 0.4) is 0 Å². The molecule has 152 valence electrons. The second-order valence-electron chi connectivity index (χ2n) is 7.14. The highest BCUT2D eigenvalue weighted by atomic mass is 35.5. The van der Waals surface area contributed by atoms with E-state index in [4.69, 9.17) is 23.2 Å². The van der Waals surface area contributed by atoms with Gasteiger partial charge in [0.25, 0.3) is 0 Å². The van der Waals surface area contributed by atoms with Crippen molar-refractivity contribution in [3.63, 3.8) is 0 Å². The lowest BCUT2D eigenvalue weighted by Crippen LogP contribution is -2.33. The largest absolute Gasteiger partial charge is 0.244 e. The Morgan fingerprint density at radius 3 is 2.28 bits per heavy atom. The van der Waals surface area contributed by atoms with E-state index < -0.39 is 10.0 Å². The van der Waals surface area contributed by atoms with Gasteiger partial charge in [-0.2, -0.15) is 4.31 Å². The van der Waals surface area contributed by atoms with Crippen molar-refractivity contribution in [3.05, 3.63) is 99.0 Å². The number of hydrogen-bond donors (Lipinski definition) is 0. The van der Waals surface area contributed by atoms with Gasteiger partial charge in [-0.1, -0.05) is 71.7 Å². The number of nitrogens with zero attached hydrogens (tertiary/aromatic N) is 1. The Bertz CT molecular complexity index is 1110. The lowest BCUT2D eigenvalue weighted by molar-refractivity contribution is 0.336. The van der Waals surface area contributed by atoms with Gasteiger partial charge in [-0.25, -0.2) is 8.42 Å². The van der Waals surface area contributed by atoms with Crippen LogP contribution in [0.25, 0.3) is 0 Å². The molecule has 0 fully saturated rings. The Kier molecular flexibility index (Phi) is 6.69. The van der Waals surface area contributed by atoms with Crippen molar-refractivity contribution in [2.45, 2.75) is 38.3 Å². The molecule has 29 heavy (non-hydrogen) atoms. The molecular weight excluding hydrogens is 425 g/mol. The van der Waals surface area contributed by atoms with Crippen LogP contribution in [0.4, 0.5) is 0 Å². The van der Waals surface area contributed by atoms with Crippen LogP contribution in [-0.2, 0) is 16.6 Å². The lowest BCUT2D eigenvalue weighted by atomic mass is 10.1. The first-order valence-electron chi connectivity index (χ1n) is 9.28. The summed E-state index contributed by atoms with van der Waals surface area (Å²) in [4.78, 5) is 0.311. The normalized spacial score (nSPS) is 12.9. The van der Waals surface area contributed by atoms with E-state index in [0.29, 0.717) is 26.1 Å². The minimum atomic E-state index is -3.78. The van der Waals surface area contributed by atoms with E-state index >= 15 is 0 Å². The molecule has 0 spiro atoms. The second-order valence-corrected chi connectivity index (χ2v) is 9.84. The van der Waals surface area contributed by atoms with E-state index in [9.17, 15) is 8.42 Å². The maximum Gasteiger partial charge on any atom is 0.244 e. The Balaban J connectivity index is 2.12. The van der Waals surface area contributed by atoms with Gasteiger partial charge in [-0.05, 0) is 61.2 Å². The summed E-state index contributed by atoms with van der Waals surface area (Å²) in [6.45, 7) is 5.73. The molecule has 1 atom stereocenters. The summed E-state index contributed by atoms with van der Waals surface area (Å²) in [6.07, 6.45) is 0. The number of halogens is 2. The average Bonchev–Trinajstić information content (AvgIpc) is 2.69. The molecule has 3 rings (SSSR count). The molecule has 0 aromatic heterocycles. The highest BCUT2D eigenvalue weighted by Crippen LogP contribution is 2.33. The van der Waals surface area contributed by atoms with Crippen molar-refractivity contribution in [1.29, 1.82) is 0 Å². The molecule has 3 aromatic carbocycles. The molecule has 0 heterocycles. The summed E-state index contributed by atoms with van der Waals surface area (Å²) in [5.74, 6) is 0. The number of sulfonamides is 1. The fourth-order valence-corrected chi connectivity index (χ4v) is 5.63. The highest BCUT2D eigenvalue weighted by Gasteiger charge is 2.31. The third-order valence-electron chi connectivity index (χ3n) is 4.99. The zero-order valence-electron chi connectivity index (χ0n) is 16.6. The molecule has 0 radical (unpaired) electrons. The van der Waals surface area contributed by atoms with Gasteiger partial charge in [0.05, 0.1) is 4.90 Å². The summed E-state index contributed by atoms with van der Waals surface area (Å²) >= 11 is 12.4. The first kappa shape index (κ1) is 21.8. The molecule has 0 aliphatic carbocycles. The summed E-state index contributed by atoms with van der Waals surface area (Å²) in [5.41, 5.74) is 3.22. The molecule has 6 heteroatoms. The Hall–Kier alpha value is -1.85. The van der Waals surface area contributed by atoms with E-state index in [1.807, 2.05) is 63.2 Å². The molecule has 0 amide bonds. The van der Waals surface area contributed by atoms with Crippen LogP contribution in [0.2, 0.25) is 10.0 Å². The van der Waals surface area contributed by atoms with Gasteiger partial charge in [-0.3, -0.25) is 0 Å². The molecule has 1 unspecified atom stereocenters. The van der Waals surface area contributed by atoms with Crippen molar-refractivity contribution in [2.75, 3.05) is 0 Å². The predicted molar refractivity (Wildman–Crippen MR) is 120 cm³/mol. The van der Waals surface area contributed by atoms with E-state index in [1.165, 1.54) is 4.31 Å². The number of benzene rings is 3. The fourth-order valence-electron chi connectivity index (χ4n) is 3.26. The average molecular weight is 448 g/mol. The standard InChI is InChI=1S/C23H23Cl2NO2S/c1-16-9-10-17(2)23(13-16)29(27,28)26(18(3)19-7-5-4-6-8-19)15-20-11-12-21(24)14-22(20)25/h4-14,18H,15H2,1-3H3. The van der Waals surface area contributed by atoms with Gasteiger partial charge in [0.2, 0.25) is 10.0 Å². The molecule has 0 aliphatic rings. The van der Waals surface area contributed by atoms with Gasteiger partial charge in [0.15, 0.2) is 0 Å². The number of hydrogen-bond acceptors (Lipinski definition) is 2. The summed E-state index contributed by atoms with van der Waals surface area (Å²) in [6, 6.07) is 19.8. The topological polar surface area (TPSA) is 37.4 Å². The van der Waals surface area contributed by atoms with Gasteiger partial charge >= 0.3 is 0 Å². The third-order valence-corrected chi connectivity index (χ3v) is 7.63. The number of aryl methyl sites for hydroxylation is 2. The van der Waals surface area contributed by atoms with Crippen LogP contribution in [0.5, 0.6) is 0 Å². The SMILES string of the molecule is Cc1ccc(C)c(S(=O)(=O)N(Cc2ccc(Cl)cc2Cl)C(C)c2ccccc2)c1. The van der Waals surface area contributed by atoms with Crippen molar-refractivity contribution >= 4 is 33.2 Å². The molecule has 0 aliphatic heterocycles. The molecule has 0 N–H and O–H groups in total. The quantitative estimate of drug-likeness (QED) is 0.428. The van der Waals surface area contributed by atoms with Crippen molar-refractivity contribution in [2.24, 2.45) is 0 Å². The molecule has 0 saturated heterocycles. The Labute approximate surface area is 182 Å². The zero-order valence-corrected chi connectivity index (χ0v) is 18.9. The van der Waals surface area contributed by atoms with Crippen LogP contribution in [0, 0.1) is 13.8 Å². The van der Waals surface area contributed by atoms with Gasteiger partial charge in [-0.15, -0.1) is 0 Å². The minimum absolute atomic E-state index is 0.141. The van der Waals surface area contributed by atoms with Crippen molar-refractivity contribution in [3.8, 4) is 0 Å². The second kappa shape index (κ2) is 8.88. The van der Waals surface area contributed by atoms with Crippen LogP contribution in [-0.4, -0.2) is 12.7 Å². The Morgan fingerprint density at radius 2 is 1.62 bits per heavy atom. The summed E-state index contributed by atoms with van der Waals surface area (Å²) < 4.78 is 29.0. The minimum Gasteiger partial charge on any atom is -0.207 e. The van der Waals surface area contributed by atoms with Gasteiger partial charge in [0, 0.05) is 22.6 Å². The van der Waals surface area contributed by atoms with Crippen LogP contribution in [0.1, 0.15) is 35.2 Å². The maximum absolute atomic E-state index is 13.8. The smallest absolute Gasteiger partial charge is 0.207 e. The van der Waals surface area contributed by atoms with Crippen LogP contribution in [0.15, 0.2) is 71.6 Å². The summed E-state index contributed by atoms with van der Waals surface area (Å²) in [7, 11) is -3.78. The molecule has 0 saturated carbocycles. The fraction of sp³-hybridized carbons (Fsp3) is 0.217. The predicted octanol–water partition coefficient (Wildman–Crippen LogP) is 6.56. The van der Waals surface area contributed by atoms with E-state index in [1.54, 1.807) is 24.3 Å². The first-order chi connectivity index (χ1) is 13.7. The van der Waals surface area contributed by atoms with Gasteiger partial charge in [0.1, 0.15) is 0 Å². The van der Waals surface area contributed by atoms with E-state index in [-0.39, 0.29) is 12.6 Å². The molecule has 0 bridgehead atoms. The van der Waals surface area contributed by atoms with Crippen LogP contribution < -0.4 is 0 Å². The Morgan fingerprint density at radius 1 is 0.931 bits per heavy atom. The molecular formula is C23H23Cl2NO2S. The van der Waals surface area contributed by atoms with Crippen molar-refractivity contribution in [1.82, 2.24) is 4.31 Å². The van der Waals surface area contributed by atoms with Gasteiger partial charge < -0.3 is 0 Å².